The average molecular weight is 183 g/mol. The molecule has 0 aliphatic carbocycles. The summed E-state index contributed by atoms with van der Waals surface area (Å²) in [5, 5.41) is 0. The van der Waals surface area contributed by atoms with Gasteiger partial charge in [0.25, 0.3) is 0 Å². The van der Waals surface area contributed by atoms with E-state index in [9.17, 15) is 4.79 Å². The van der Waals surface area contributed by atoms with E-state index in [1.165, 1.54) is 0 Å². The zero-order valence-corrected chi connectivity index (χ0v) is 8.32. The van der Waals surface area contributed by atoms with Gasteiger partial charge in [0.1, 0.15) is 0 Å². The van der Waals surface area contributed by atoms with Crippen LogP contribution >= 0.6 is 0 Å². The van der Waals surface area contributed by atoms with Gasteiger partial charge >= 0.3 is 0 Å². The Hall–Kier alpha value is -0.570. The van der Waals surface area contributed by atoms with Crippen LogP contribution in [0.5, 0.6) is 0 Å². The molecule has 2 rings (SSSR count). The number of ether oxygens (including phenoxy) is 1. The van der Waals surface area contributed by atoms with Crippen molar-refractivity contribution in [3.8, 4) is 0 Å². The monoisotopic (exact) mass is 183 g/mol. The lowest BCUT2D eigenvalue weighted by molar-refractivity contribution is -0.139. The van der Waals surface area contributed by atoms with Gasteiger partial charge in [-0.3, -0.25) is 4.79 Å². The van der Waals surface area contributed by atoms with Crippen molar-refractivity contribution in [3.63, 3.8) is 0 Å². The van der Waals surface area contributed by atoms with E-state index in [1.807, 2.05) is 4.90 Å². The number of carbonyl (C=O) groups excluding carboxylic acids is 1. The van der Waals surface area contributed by atoms with E-state index in [2.05, 4.69) is 13.8 Å². The van der Waals surface area contributed by atoms with Crippen LogP contribution in [0.4, 0.5) is 0 Å². The second-order valence-corrected chi connectivity index (χ2v) is 4.45. The van der Waals surface area contributed by atoms with Gasteiger partial charge in [0.15, 0.2) is 0 Å². The quantitative estimate of drug-likeness (QED) is 0.636. The van der Waals surface area contributed by atoms with Crippen molar-refractivity contribution in [2.24, 2.45) is 11.8 Å². The average Bonchev–Trinajstić information content (AvgIpc) is 2.29. The fourth-order valence-corrected chi connectivity index (χ4v) is 1.96. The highest BCUT2D eigenvalue weighted by Gasteiger charge is 2.38. The molecule has 74 valence electrons. The van der Waals surface area contributed by atoms with Gasteiger partial charge in [-0.25, -0.2) is 0 Å². The van der Waals surface area contributed by atoms with Crippen molar-refractivity contribution in [3.05, 3.63) is 0 Å². The van der Waals surface area contributed by atoms with Gasteiger partial charge in [-0.05, 0) is 11.8 Å². The number of carbonyl (C=O) groups is 1. The first-order chi connectivity index (χ1) is 6.18. The van der Waals surface area contributed by atoms with Crippen LogP contribution in [-0.2, 0) is 9.53 Å². The summed E-state index contributed by atoms with van der Waals surface area (Å²) in [7, 11) is 0. The molecule has 1 unspecified atom stereocenters. The molecular formula is C10H17NO2. The Labute approximate surface area is 79.0 Å². The number of hydrogen-bond acceptors (Lipinski definition) is 2. The van der Waals surface area contributed by atoms with Crippen LogP contribution in [-0.4, -0.2) is 36.6 Å². The first-order valence-electron chi connectivity index (χ1n) is 5.05. The summed E-state index contributed by atoms with van der Waals surface area (Å²) < 4.78 is 5.10. The maximum absolute atomic E-state index is 11.6. The SMILES string of the molecule is CC(C)C1CC(=O)N(C2COC2)C1. The Morgan fingerprint density at radius 2 is 2.15 bits per heavy atom. The molecule has 2 saturated heterocycles. The molecule has 0 aromatic carbocycles. The number of nitrogens with zero attached hydrogens (tertiary/aromatic N) is 1. The van der Waals surface area contributed by atoms with Gasteiger partial charge in [-0.2, -0.15) is 0 Å². The number of rotatable bonds is 2. The molecule has 2 heterocycles. The third kappa shape index (κ3) is 1.57. The third-order valence-electron chi connectivity index (χ3n) is 3.19. The van der Waals surface area contributed by atoms with E-state index < -0.39 is 0 Å². The maximum Gasteiger partial charge on any atom is 0.223 e. The minimum absolute atomic E-state index is 0.326. The van der Waals surface area contributed by atoms with Gasteiger partial charge in [-0.1, -0.05) is 13.8 Å². The largest absolute Gasteiger partial charge is 0.377 e. The molecule has 2 fully saturated rings. The lowest BCUT2D eigenvalue weighted by atomic mass is 9.95. The minimum atomic E-state index is 0.326. The van der Waals surface area contributed by atoms with Crippen LogP contribution in [0.25, 0.3) is 0 Å². The maximum atomic E-state index is 11.6. The summed E-state index contributed by atoms with van der Waals surface area (Å²) in [6.45, 7) is 6.83. The lowest BCUT2D eigenvalue weighted by Gasteiger charge is -2.34. The molecular weight excluding hydrogens is 166 g/mol. The predicted octanol–water partition coefficient (Wildman–Crippen LogP) is 0.890. The normalized spacial score (nSPS) is 29.9. The zero-order valence-electron chi connectivity index (χ0n) is 8.32. The highest BCUT2D eigenvalue weighted by atomic mass is 16.5. The summed E-state index contributed by atoms with van der Waals surface area (Å²) in [5.41, 5.74) is 0. The molecule has 3 nitrogen and oxygen atoms in total. The Kier molecular flexibility index (Phi) is 2.28. The van der Waals surface area contributed by atoms with E-state index in [0.29, 0.717) is 23.8 Å². The molecule has 2 aliphatic rings. The summed E-state index contributed by atoms with van der Waals surface area (Å²) in [4.78, 5) is 13.6. The Bertz CT molecular complexity index is 211. The molecule has 3 heteroatoms. The van der Waals surface area contributed by atoms with Crippen molar-refractivity contribution in [2.45, 2.75) is 26.3 Å². The summed E-state index contributed by atoms with van der Waals surface area (Å²) in [5.74, 6) is 1.51. The van der Waals surface area contributed by atoms with E-state index in [4.69, 9.17) is 4.74 Å². The van der Waals surface area contributed by atoms with Crippen LogP contribution in [0.1, 0.15) is 20.3 Å². The lowest BCUT2D eigenvalue weighted by Crippen LogP contribution is -2.49. The minimum Gasteiger partial charge on any atom is -0.377 e. The summed E-state index contributed by atoms with van der Waals surface area (Å²) in [6, 6.07) is 0.385. The van der Waals surface area contributed by atoms with Crippen LogP contribution in [0, 0.1) is 11.8 Å². The molecule has 1 atom stereocenters. The molecule has 13 heavy (non-hydrogen) atoms. The van der Waals surface area contributed by atoms with Crippen LogP contribution < -0.4 is 0 Å². The molecule has 0 radical (unpaired) electrons. The van der Waals surface area contributed by atoms with Crippen molar-refractivity contribution >= 4 is 5.91 Å². The van der Waals surface area contributed by atoms with Crippen molar-refractivity contribution in [2.75, 3.05) is 19.8 Å². The molecule has 0 aromatic heterocycles. The van der Waals surface area contributed by atoms with Gasteiger partial charge in [0.2, 0.25) is 5.91 Å². The summed E-state index contributed by atoms with van der Waals surface area (Å²) in [6.07, 6.45) is 0.744. The molecule has 0 N–H and O–H groups in total. The van der Waals surface area contributed by atoms with Crippen LogP contribution in [0.3, 0.4) is 0 Å². The first-order valence-corrected chi connectivity index (χ1v) is 5.05. The second kappa shape index (κ2) is 3.29. The molecule has 2 aliphatic heterocycles. The topological polar surface area (TPSA) is 29.5 Å². The molecule has 1 amide bonds. The van der Waals surface area contributed by atoms with Gasteiger partial charge in [-0.15, -0.1) is 0 Å². The molecule has 0 spiro atoms. The van der Waals surface area contributed by atoms with Gasteiger partial charge in [0.05, 0.1) is 19.3 Å². The van der Waals surface area contributed by atoms with E-state index in [0.717, 1.165) is 26.2 Å². The summed E-state index contributed by atoms with van der Waals surface area (Å²) >= 11 is 0. The fourth-order valence-electron chi connectivity index (χ4n) is 1.96. The smallest absolute Gasteiger partial charge is 0.223 e. The fraction of sp³-hybridized carbons (Fsp3) is 0.900. The predicted molar refractivity (Wildman–Crippen MR) is 49.3 cm³/mol. The Morgan fingerprint density at radius 1 is 1.46 bits per heavy atom. The van der Waals surface area contributed by atoms with Gasteiger partial charge in [0, 0.05) is 13.0 Å². The number of likely N-dealkylation sites (tertiary alicyclic amines) is 1. The molecule has 0 bridgehead atoms. The molecule has 0 aromatic rings. The number of hydrogen-bond donors (Lipinski definition) is 0. The zero-order chi connectivity index (χ0) is 9.42. The van der Waals surface area contributed by atoms with Gasteiger partial charge < -0.3 is 9.64 Å². The second-order valence-electron chi connectivity index (χ2n) is 4.45. The highest BCUT2D eigenvalue weighted by Crippen LogP contribution is 2.27. The van der Waals surface area contributed by atoms with E-state index >= 15 is 0 Å². The van der Waals surface area contributed by atoms with E-state index in [-0.39, 0.29) is 0 Å². The van der Waals surface area contributed by atoms with Crippen molar-refractivity contribution in [1.82, 2.24) is 4.90 Å². The van der Waals surface area contributed by atoms with Crippen molar-refractivity contribution < 1.29 is 9.53 Å². The Morgan fingerprint density at radius 3 is 2.54 bits per heavy atom. The third-order valence-corrected chi connectivity index (χ3v) is 3.19. The number of amides is 1. The standard InChI is InChI=1S/C10H17NO2/c1-7(2)8-3-10(12)11(4-8)9-5-13-6-9/h7-9H,3-6H2,1-2H3. The highest BCUT2D eigenvalue weighted by molar-refractivity contribution is 5.79. The first kappa shape index (κ1) is 9.00. The van der Waals surface area contributed by atoms with Crippen LogP contribution in [0.15, 0.2) is 0 Å². The van der Waals surface area contributed by atoms with Crippen LogP contribution in [0.2, 0.25) is 0 Å². The molecule has 0 saturated carbocycles. The van der Waals surface area contributed by atoms with Crippen molar-refractivity contribution in [1.29, 1.82) is 0 Å². The Balaban J connectivity index is 1.95. The van der Waals surface area contributed by atoms with E-state index in [1.54, 1.807) is 0 Å².